The van der Waals surface area contributed by atoms with E-state index in [4.69, 9.17) is 4.74 Å². The van der Waals surface area contributed by atoms with Gasteiger partial charge in [-0.25, -0.2) is 4.98 Å². The third-order valence-electron chi connectivity index (χ3n) is 3.72. The molecule has 0 bridgehead atoms. The van der Waals surface area contributed by atoms with Gasteiger partial charge in [0.25, 0.3) is 5.91 Å². The van der Waals surface area contributed by atoms with Crippen molar-refractivity contribution in [1.29, 1.82) is 0 Å². The van der Waals surface area contributed by atoms with Crippen LogP contribution < -0.4 is 10.1 Å². The smallest absolute Gasteiger partial charge is 0.274 e. The minimum Gasteiger partial charge on any atom is -0.490 e. The number of halogens is 1. The summed E-state index contributed by atoms with van der Waals surface area (Å²) in [5.41, 5.74) is 3.62. The van der Waals surface area contributed by atoms with E-state index in [0.29, 0.717) is 29.4 Å². The van der Waals surface area contributed by atoms with Gasteiger partial charge in [-0.15, -0.1) is 0 Å². The number of aryl methyl sites for hydroxylation is 2. The molecule has 6 heteroatoms. The molecule has 1 aromatic carbocycles. The molecular weight excluding hydrogens is 370 g/mol. The highest BCUT2D eigenvalue weighted by atomic mass is 79.9. The van der Waals surface area contributed by atoms with Crippen molar-refractivity contribution in [2.45, 2.75) is 20.8 Å². The largest absolute Gasteiger partial charge is 0.490 e. The molecule has 0 spiro atoms. The number of anilines is 1. The summed E-state index contributed by atoms with van der Waals surface area (Å²) in [5, 5.41) is 2.94. The van der Waals surface area contributed by atoms with Crippen LogP contribution in [-0.2, 0) is 0 Å². The molecule has 0 atom stereocenters. The number of hydrogen-bond acceptors (Lipinski definition) is 3. The summed E-state index contributed by atoms with van der Waals surface area (Å²) in [6.07, 6.45) is 1.82. The van der Waals surface area contributed by atoms with Crippen molar-refractivity contribution < 1.29 is 9.53 Å². The number of carbonyl (C=O) groups is 1. The van der Waals surface area contributed by atoms with Gasteiger partial charge < -0.3 is 10.1 Å². The van der Waals surface area contributed by atoms with E-state index in [2.05, 4.69) is 26.2 Å². The normalized spacial score (nSPS) is 10.8. The number of imidazole rings is 1. The van der Waals surface area contributed by atoms with Crippen molar-refractivity contribution in [3.63, 3.8) is 0 Å². The van der Waals surface area contributed by atoms with Crippen LogP contribution in [0.25, 0.3) is 5.65 Å². The van der Waals surface area contributed by atoms with Gasteiger partial charge in [0, 0.05) is 16.4 Å². The molecule has 124 valence electrons. The van der Waals surface area contributed by atoms with E-state index in [1.54, 1.807) is 4.40 Å². The Balaban J connectivity index is 1.99. The SMILES string of the molecule is CCOc1cccn2c(C(=O)Nc3ccc(Br)c(C)c3)c(C)nc12. The van der Waals surface area contributed by atoms with E-state index in [1.807, 2.05) is 57.3 Å². The number of rotatable bonds is 4. The van der Waals surface area contributed by atoms with E-state index in [-0.39, 0.29) is 5.91 Å². The fraction of sp³-hybridized carbons (Fsp3) is 0.222. The molecule has 0 radical (unpaired) electrons. The van der Waals surface area contributed by atoms with E-state index in [0.717, 1.165) is 15.7 Å². The molecule has 2 heterocycles. The molecular formula is C18H18BrN3O2. The summed E-state index contributed by atoms with van der Waals surface area (Å²) in [4.78, 5) is 17.2. The molecule has 0 aliphatic carbocycles. The molecule has 3 rings (SSSR count). The molecule has 1 N–H and O–H groups in total. The van der Waals surface area contributed by atoms with Crippen molar-refractivity contribution in [3.05, 3.63) is 58.0 Å². The van der Waals surface area contributed by atoms with Gasteiger partial charge in [0.2, 0.25) is 0 Å². The summed E-state index contributed by atoms with van der Waals surface area (Å²) < 4.78 is 8.37. The van der Waals surface area contributed by atoms with Gasteiger partial charge in [0.1, 0.15) is 5.69 Å². The maximum absolute atomic E-state index is 12.8. The Morgan fingerprint density at radius 1 is 1.33 bits per heavy atom. The molecule has 0 saturated heterocycles. The fourth-order valence-electron chi connectivity index (χ4n) is 2.61. The van der Waals surface area contributed by atoms with Crippen LogP contribution in [0, 0.1) is 13.8 Å². The fourth-order valence-corrected chi connectivity index (χ4v) is 2.86. The average Bonchev–Trinajstić information content (AvgIpc) is 2.88. The third-order valence-corrected chi connectivity index (χ3v) is 4.61. The summed E-state index contributed by atoms with van der Waals surface area (Å²) in [6, 6.07) is 9.40. The number of ether oxygens (including phenoxy) is 1. The van der Waals surface area contributed by atoms with Crippen LogP contribution in [0.2, 0.25) is 0 Å². The zero-order valence-electron chi connectivity index (χ0n) is 13.8. The first kappa shape index (κ1) is 16.5. The van der Waals surface area contributed by atoms with Gasteiger partial charge in [-0.05, 0) is 56.7 Å². The van der Waals surface area contributed by atoms with Gasteiger partial charge in [0.15, 0.2) is 11.4 Å². The molecule has 0 unspecified atom stereocenters. The van der Waals surface area contributed by atoms with Gasteiger partial charge in [-0.1, -0.05) is 15.9 Å². The number of benzene rings is 1. The number of carbonyl (C=O) groups excluding carboxylic acids is 1. The maximum atomic E-state index is 12.8. The first-order valence-corrected chi connectivity index (χ1v) is 8.48. The molecule has 0 saturated carbocycles. The maximum Gasteiger partial charge on any atom is 0.274 e. The van der Waals surface area contributed by atoms with Crippen molar-refractivity contribution in [2.24, 2.45) is 0 Å². The second kappa shape index (κ2) is 6.65. The predicted octanol–water partition coefficient (Wildman–Crippen LogP) is 4.36. The minimum atomic E-state index is -0.199. The van der Waals surface area contributed by atoms with E-state index >= 15 is 0 Å². The highest BCUT2D eigenvalue weighted by Crippen LogP contribution is 2.24. The van der Waals surface area contributed by atoms with Gasteiger partial charge in [-0.3, -0.25) is 9.20 Å². The number of amides is 1. The van der Waals surface area contributed by atoms with E-state index < -0.39 is 0 Å². The van der Waals surface area contributed by atoms with Crippen molar-refractivity contribution in [1.82, 2.24) is 9.38 Å². The van der Waals surface area contributed by atoms with Gasteiger partial charge in [0.05, 0.1) is 12.3 Å². The lowest BCUT2D eigenvalue weighted by Crippen LogP contribution is -2.15. The lowest BCUT2D eigenvalue weighted by Gasteiger charge is -2.08. The number of hydrogen-bond donors (Lipinski definition) is 1. The second-order valence-corrected chi connectivity index (χ2v) is 6.32. The number of nitrogens with one attached hydrogen (secondary N) is 1. The Bertz CT molecular complexity index is 918. The highest BCUT2D eigenvalue weighted by molar-refractivity contribution is 9.10. The molecule has 0 fully saturated rings. The van der Waals surface area contributed by atoms with Crippen LogP contribution in [0.5, 0.6) is 5.75 Å². The van der Waals surface area contributed by atoms with Crippen molar-refractivity contribution >= 4 is 33.2 Å². The Kier molecular flexibility index (Phi) is 4.57. The first-order valence-electron chi connectivity index (χ1n) is 7.69. The molecule has 24 heavy (non-hydrogen) atoms. The summed E-state index contributed by atoms with van der Waals surface area (Å²) in [7, 11) is 0. The molecule has 2 aromatic heterocycles. The number of fused-ring (bicyclic) bond motifs is 1. The lowest BCUT2D eigenvalue weighted by molar-refractivity contribution is 0.102. The van der Waals surface area contributed by atoms with Crippen LogP contribution in [0.4, 0.5) is 5.69 Å². The van der Waals surface area contributed by atoms with Crippen LogP contribution in [-0.4, -0.2) is 21.9 Å². The second-order valence-electron chi connectivity index (χ2n) is 5.46. The monoisotopic (exact) mass is 387 g/mol. The molecule has 1 amide bonds. The Morgan fingerprint density at radius 3 is 2.83 bits per heavy atom. The number of pyridine rings is 1. The minimum absolute atomic E-state index is 0.199. The zero-order chi connectivity index (χ0) is 17.3. The summed E-state index contributed by atoms with van der Waals surface area (Å²) >= 11 is 3.46. The van der Waals surface area contributed by atoms with Crippen molar-refractivity contribution in [2.75, 3.05) is 11.9 Å². The Morgan fingerprint density at radius 2 is 2.12 bits per heavy atom. The third kappa shape index (κ3) is 3.01. The molecule has 5 nitrogen and oxygen atoms in total. The number of aromatic nitrogens is 2. The average molecular weight is 388 g/mol. The Labute approximate surface area is 148 Å². The first-order chi connectivity index (χ1) is 11.5. The molecule has 3 aromatic rings. The molecule has 0 aliphatic rings. The van der Waals surface area contributed by atoms with Crippen LogP contribution >= 0.6 is 15.9 Å². The van der Waals surface area contributed by atoms with Crippen LogP contribution in [0.1, 0.15) is 28.7 Å². The standard InChI is InChI=1S/C18H18BrN3O2/c1-4-24-15-6-5-9-22-16(12(3)20-17(15)22)18(23)21-13-7-8-14(19)11(2)10-13/h5-10H,4H2,1-3H3,(H,21,23). The van der Waals surface area contributed by atoms with E-state index in [1.165, 1.54) is 0 Å². The topological polar surface area (TPSA) is 55.6 Å². The summed E-state index contributed by atoms with van der Waals surface area (Å²) in [5.74, 6) is 0.469. The van der Waals surface area contributed by atoms with Gasteiger partial charge >= 0.3 is 0 Å². The predicted molar refractivity (Wildman–Crippen MR) is 97.9 cm³/mol. The highest BCUT2D eigenvalue weighted by Gasteiger charge is 2.19. The number of nitrogens with zero attached hydrogens (tertiary/aromatic N) is 2. The molecule has 0 aliphatic heterocycles. The van der Waals surface area contributed by atoms with Crippen molar-refractivity contribution in [3.8, 4) is 5.75 Å². The van der Waals surface area contributed by atoms with E-state index in [9.17, 15) is 4.79 Å². The van der Waals surface area contributed by atoms with Crippen LogP contribution in [0.3, 0.4) is 0 Å². The lowest BCUT2D eigenvalue weighted by atomic mass is 10.2. The summed E-state index contributed by atoms with van der Waals surface area (Å²) in [6.45, 7) is 6.27. The quantitative estimate of drug-likeness (QED) is 0.723. The van der Waals surface area contributed by atoms with Crippen LogP contribution in [0.15, 0.2) is 41.0 Å². The Hall–Kier alpha value is -2.34. The zero-order valence-corrected chi connectivity index (χ0v) is 15.3. The van der Waals surface area contributed by atoms with Gasteiger partial charge in [-0.2, -0.15) is 0 Å².